The van der Waals surface area contributed by atoms with Crippen LogP contribution in [0.25, 0.3) is 71.7 Å². The van der Waals surface area contributed by atoms with Crippen LogP contribution in [0.2, 0.25) is 0 Å². The molecular formula is C39H25N3S. The number of fused-ring (bicyclic) bond motifs is 10. The number of aromatic nitrogens is 3. The summed E-state index contributed by atoms with van der Waals surface area (Å²) in [6.07, 6.45) is 0. The minimum atomic E-state index is -0.147. The van der Waals surface area contributed by atoms with Crippen molar-refractivity contribution in [1.82, 2.24) is 14.5 Å². The number of benzene rings is 6. The van der Waals surface area contributed by atoms with Gasteiger partial charge in [0.2, 0.25) is 5.95 Å². The summed E-state index contributed by atoms with van der Waals surface area (Å²) in [6, 6.07) is 41.9. The van der Waals surface area contributed by atoms with E-state index in [1.54, 1.807) is 11.8 Å². The van der Waals surface area contributed by atoms with E-state index in [1.165, 1.54) is 59.8 Å². The summed E-state index contributed by atoms with van der Waals surface area (Å²) in [7, 11) is 0. The van der Waals surface area contributed by atoms with E-state index < -0.39 is 0 Å². The molecule has 1 aliphatic carbocycles. The van der Waals surface area contributed by atoms with Gasteiger partial charge in [-0.3, -0.25) is 4.57 Å². The molecule has 0 saturated carbocycles. The molecule has 3 heterocycles. The third kappa shape index (κ3) is 3.01. The number of nitrogens with zero attached hydrogens (tertiary/aromatic N) is 3. The fourth-order valence-electron chi connectivity index (χ4n) is 7.69. The third-order valence-electron chi connectivity index (χ3n) is 9.59. The Hall–Kier alpha value is -4.93. The minimum absolute atomic E-state index is 0.147. The van der Waals surface area contributed by atoms with Crippen molar-refractivity contribution in [2.24, 2.45) is 0 Å². The first-order chi connectivity index (χ1) is 21.1. The van der Waals surface area contributed by atoms with Crippen LogP contribution in [0.3, 0.4) is 0 Å². The molecule has 43 heavy (non-hydrogen) atoms. The molecule has 0 bridgehead atoms. The highest BCUT2D eigenvalue weighted by Gasteiger charge is 2.38. The molecule has 2 aliphatic rings. The molecule has 1 aliphatic heterocycles. The Kier molecular flexibility index (Phi) is 4.46. The van der Waals surface area contributed by atoms with Gasteiger partial charge in [0.15, 0.2) is 0 Å². The standard InChI is InChI=1S/C39H25N3S/c1-39(2)30-21-33-29(20-28(30)27-19-18-22-10-3-4-11-23(22)36(27)39)24-12-5-7-16-32(24)42(33)38-40-31-15-9-14-26-25-13-6-8-17-34(25)43-37(41-38)35(26)31/h3-21H,1-2H3. The first-order valence-electron chi connectivity index (χ1n) is 14.8. The second-order valence-electron chi connectivity index (χ2n) is 12.2. The predicted octanol–water partition coefficient (Wildman–Crippen LogP) is 10.3. The van der Waals surface area contributed by atoms with Crippen LogP contribution in [0, 0.1) is 0 Å². The maximum atomic E-state index is 5.30. The normalized spacial score (nSPS) is 14.4. The Balaban J connectivity index is 1.28. The molecule has 0 fully saturated rings. The van der Waals surface area contributed by atoms with Crippen LogP contribution in [0.1, 0.15) is 25.0 Å². The van der Waals surface area contributed by atoms with Crippen LogP contribution in [0.15, 0.2) is 125 Å². The van der Waals surface area contributed by atoms with E-state index in [-0.39, 0.29) is 5.41 Å². The average Bonchev–Trinajstić information content (AvgIpc) is 3.48. The van der Waals surface area contributed by atoms with Crippen molar-refractivity contribution < 1.29 is 0 Å². The Labute approximate surface area is 252 Å². The predicted molar refractivity (Wildman–Crippen MR) is 179 cm³/mol. The van der Waals surface area contributed by atoms with Gasteiger partial charge in [-0.2, -0.15) is 0 Å². The van der Waals surface area contributed by atoms with Crippen molar-refractivity contribution in [1.29, 1.82) is 0 Å². The first-order valence-corrected chi connectivity index (χ1v) is 15.6. The van der Waals surface area contributed by atoms with Gasteiger partial charge in [-0.1, -0.05) is 111 Å². The van der Waals surface area contributed by atoms with Gasteiger partial charge in [0.1, 0.15) is 5.03 Å². The van der Waals surface area contributed by atoms with E-state index in [2.05, 4.69) is 134 Å². The molecule has 202 valence electrons. The molecule has 0 saturated heterocycles. The highest BCUT2D eigenvalue weighted by molar-refractivity contribution is 7.99. The lowest BCUT2D eigenvalue weighted by molar-refractivity contribution is 0.667. The minimum Gasteiger partial charge on any atom is -0.278 e. The molecule has 6 aromatic carbocycles. The fourth-order valence-corrected chi connectivity index (χ4v) is 8.78. The first kappa shape index (κ1) is 23.6. The second-order valence-corrected chi connectivity index (χ2v) is 13.3. The maximum absolute atomic E-state index is 5.30. The molecular weight excluding hydrogens is 543 g/mol. The third-order valence-corrected chi connectivity index (χ3v) is 10.7. The van der Waals surface area contributed by atoms with Crippen LogP contribution < -0.4 is 0 Å². The molecule has 0 spiro atoms. The molecule has 2 aromatic heterocycles. The quantitative estimate of drug-likeness (QED) is 0.185. The van der Waals surface area contributed by atoms with Gasteiger partial charge in [-0.15, -0.1) is 0 Å². The van der Waals surface area contributed by atoms with Crippen LogP contribution in [0.5, 0.6) is 0 Å². The number of hydrogen-bond donors (Lipinski definition) is 0. The monoisotopic (exact) mass is 567 g/mol. The van der Waals surface area contributed by atoms with E-state index in [0.717, 1.165) is 32.9 Å². The second kappa shape index (κ2) is 8.12. The van der Waals surface area contributed by atoms with Crippen LogP contribution in [-0.2, 0) is 5.41 Å². The number of hydrogen-bond acceptors (Lipinski definition) is 3. The molecule has 8 aromatic rings. The van der Waals surface area contributed by atoms with Crippen LogP contribution in [0.4, 0.5) is 0 Å². The Morgan fingerprint density at radius 1 is 0.605 bits per heavy atom. The lowest BCUT2D eigenvalue weighted by Crippen LogP contribution is -2.15. The van der Waals surface area contributed by atoms with Gasteiger partial charge < -0.3 is 0 Å². The van der Waals surface area contributed by atoms with Gasteiger partial charge in [0.25, 0.3) is 0 Å². The van der Waals surface area contributed by atoms with Crippen molar-refractivity contribution >= 4 is 55.2 Å². The van der Waals surface area contributed by atoms with Gasteiger partial charge in [-0.05, 0) is 74.5 Å². The Morgan fingerprint density at radius 3 is 2.33 bits per heavy atom. The van der Waals surface area contributed by atoms with Crippen molar-refractivity contribution in [2.75, 3.05) is 0 Å². The molecule has 3 nitrogen and oxygen atoms in total. The molecule has 0 amide bonds. The van der Waals surface area contributed by atoms with E-state index in [0.29, 0.717) is 0 Å². The summed E-state index contributed by atoms with van der Waals surface area (Å²) >= 11 is 1.75. The molecule has 0 atom stereocenters. The zero-order valence-corrected chi connectivity index (χ0v) is 24.5. The summed E-state index contributed by atoms with van der Waals surface area (Å²) in [5, 5.41) is 7.23. The van der Waals surface area contributed by atoms with Gasteiger partial charge in [0, 0.05) is 26.5 Å². The highest BCUT2D eigenvalue weighted by Crippen LogP contribution is 2.53. The van der Waals surface area contributed by atoms with Crippen LogP contribution >= 0.6 is 11.8 Å². The summed E-state index contributed by atoms with van der Waals surface area (Å²) in [5.41, 5.74) is 11.0. The van der Waals surface area contributed by atoms with Crippen molar-refractivity contribution in [3.8, 4) is 28.2 Å². The zero-order valence-electron chi connectivity index (χ0n) is 23.7. The van der Waals surface area contributed by atoms with Gasteiger partial charge in [-0.25, -0.2) is 9.97 Å². The Morgan fingerprint density at radius 2 is 1.40 bits per heavy atom. The van der Waals surface area contributed by atoms with Crippen LogP contribution in [-0.4, -0.2) is 14.5 Å². The Bertz CT molecular complexity index is 2520. The SMILES string of the molecule is CC1(C)c2cc3c(cc2-c2ccc4ccccc4c21)c1ccccc1n3-c1nc2c3c(cccc3n1)-c1ccccc1S2. The summed E-state index contributed by atoms with van der Waals surface area (Å²) in [6.45, 7) is 4.74. The summed E-state index contributed by atoms with van der Waals surface area (Å²) in [5.74, 6) is 0.719. The van der Waals surface area contributed by atoms with E-state index >= 15 is 0 Å². The molecule has 0 unspecified atom stereocenters. The molecule has 0 radical (unpaired) electrons. The highest BCUT2D eigenvalue weighted by atomic mass is 32.2. The smallest absolute Gasteiger partial charge is 0.236 e. The van der Waals surface area contributed by atoms with E-state index in [1.807, 2.05) is 0 Å². The number of rotatable bonds is 1. The summed E-state index contributed by atoms with van der Waals surface area (Å²) < 4.78 is 2.28. The summed E-state index contributed by atoms with van der Waals surface area (Å²) in [4.78, 5) is 11.8. The topological polar surface area (TPSA) is 30.7 Å². The van der Waals surface area contributed by atoms with E-state index in [4.69, 9.17) is 9.97 Å². The van der Waals surface area contributed by atoms with Gasteiger partial charge >= 0.3 is 0 Å². The lowest BCUT2D eigenvalue weighted by Gasteiger charge is -2.23. The maximum Gasteiger partial charge on any atom is 0.236 e. The van der Waals surface area contributed by atoms with Crippen molar-refractivity contribution in [2.45, 2.75) is 29.2 Å². The lowest BCUT2D eigenvalue weighted by atomic mass is 9.80. The zero-order chi connectivity index (χ0) is 28.4. The van der Waals surface area contributed by atoms with Crippen molar-refractivity contribution in [3.05, 3.63) is 126 Å². The molecule has 0 N–H and O–H groups in total. The fraction of sp³-hybridized carbons (Fsp3) is 0.0769. The van der Waals surface area contributed by atoms with Crippen molar-refractivity contribution in [3.63, 3.8) is 0 Å². The molecule has 10 rings (SSSR count). The molecule has 4 heteroatoms. The number of para-hydroxylation sites is 1. The van der Waals surface area contributed by atoms with Gasteiger partial charge in [0.05, 0.1) is 16.6 Å². The largest absolute Gasteiger partial charge is 0.278 e. The average molecular weight is 568 g/mol. The van der Waals surface area contributed by atoms with E-state index in [9.17, 15) is 0 Å².